The van der Waals surface area contributed by atoms with E-state index in [-0.39, 0.29) is 25.4 Å². The number of carbonyl (C=O) groups is 1. The summed E-state index contributed by atoms with van der Waals surface area (Å²) in [5.74, 6) is -0.784. The molecule has 1 heterocycles. The Morgan fingerprint density at radius 3 is 2.39 bits per heavy atom. The number of hydrogen-bond acceptors (Lipinski definition) is 4. The molecule has 2 atom stereocenters. The topological polar surface area (TPSA) is 84.4 Å². The lowest BCUT2D eigenvalue weighted by Crippen LogP contribution is -2.47. The predicted molar refractivity (Wildman–Crippen MR) is 144 cm³/mol. The van der Waals surface area contributed by atoms with Crippen LogP contribution in [0.5, 0.6) is 0 Å². The molecule has 0 unspecified atom stereocenters. The van der Waals surface area contributed by atoms with Crippen LogP contribution in [0.2, 0.25) is 0 Å². The lowest BCUT2D eigenvalue weighted by molar-refractivity contribution is -0.134. The van der Waals surface area contributed by atoms with E-state index in [2.05, 4.69) is 11.9 Å². The van der Waals surface area contributed by atoms with Crippen LogP contribution in [0.15, 0.2) is 66.7 Å². The first-order valence-electron chi connectivity index (χ1n) is 13.0. The molecule has 4 rings (SSSR count). The summed E-state index contributed by atoms with van der Waals surface area (Å²) < 4.78 is 29.2. The van der Waals surface area contributed by atoms with Crippen molar-refractivity contribution < 1.29 is 18.7 Å². The van der Waals surface area contributed by atoms with Crippen molar-refractivity contribution in [3.05, 3.63) is 101 Å². The van der Waals surface area contributed by atoms with Gasteiger partial charge in [-0.1, -0.05) is 50.2 Å². The monoisotopic (exact) mass is 520 g/mol. The SMILES string of the molecule is CCc1cccc(CN(C[C@@H](O)[C@@H](N)Cc2cc(F)cc(F)c2)C(=O)Cn2c(CC)nc3ccccc32)c1. The molecule has 3 N–H and O–H groups in total. The minimum Gasteiger partial charge on any atom is -0.390 e. The van der Waals surface area contributed by atoms with Crippen molar-refractivity contribution in [2.75, 3.05) is 6.54 Å². The van der Waals surface area contributed by atoms with Crippen LogP contribution in [0.4, 0.5) is 8.78 Å². The van der Waals surface area contributed by atoms with E-state index >= 15 is 0 Å². The van der Waals surface area contributed by atoms with Gasteiger partial charge < -0.3 is 20.3 Å². The number of amides is 1. The Hall–Kier alpha value is -3.62. The van der Waals surface area contributed by atoms with Gasteiger partial charge in [0.15, 0.2) is 0 Å². The first-order chi connectivity index (χ1) is 18.3. The van der Waals surface area contributed by atoms with E-state index < -0.39 is 23.8 Å². The van der Waals surface area contributed by atoms with Gasteiger partial charge in [0.1, 0.15) is 24.0 Å². The molecule has 0 aliphatic heterocycles. The third-order valence-electron chi connectivity index (χ3n) is 6.76. The standard InChI is InChI=1S/C30H34F2N4O2/c1-3-20-8-7-9-21(12-20)17-35(18-28(37)25(33)15-22-13-23(31)16-24(32)14-22)30(38)19-36-27-11-6-5-10-26(27)34-29(36)4-2/h5-14,16,25,28,37H,3-4,15,17-19,33H2,1-2H3/t25-,28+/m0/s1. The van der Waals surface area contributed by atoms with Gasteiger partial charge in [-0.15, -0.1) is 0 Å². The van der Waals surface area contributed by atoms with E-state index in [9.17, 15) is 18.7 Å². The molecule has 200 valence electrons. The number of halogens is 2. The summed E-state index contributed by atoms with van der Waals surface area (Å²) in [6, 6.07) is 18.0. The maximum Gasteiger partial charge on any atom is 0.242 e. The summed E-state index contributed by atoms with van der Waals surface area (Å²) in [6.07, 6.45) is 0.485. The second-order valence-corrected chi connectivity index (χ2v) is 9.62. The van der Waals surface area contributed by atoms with E-state index in [1.165, 1.54) is 12.1 Å². The lowest BCUT2D eigenvalue weighted by atomic mass is 10.0. The van der Waals surface area contributed by atoms with Crippen molar-refractivity contribution in [3.63, 3.8) is 0 Å². The molecule has 0 saturated heterocycles. The number of hydrogen-bond donors (Lipinski definition) is 2. The number of nitrogens with two attached hydrogens (primary N) is 1. The van der Waals surface area contributed by atoms with E-state index in [4.69, 9.17) is 5.73 Å². The van der Waals surface area contributed by atoms with Gasteiger partial charge in [0, 0.05) is 31.6 Å². The van der Waals surface area contributed by atoms with Crippen LogP contribution in [0.1, 0.15) is 36.4 Å². The average molecular weight is 521 g/mol. The molecule has 6 nitrogen and oxygen atoms in total. The van der Waals surface area contributed by atoms with Crippen molar-refractivity contribution in [1.29, 1.82) is 0 Å². The number of aromatic nitrogens is 2. The highest BCUT2D eigenvalue weighted by molar-refractivity contribution is 5.81. The van der Waals surface area contributed by atoms with Gasteiger partial charge in [-0.3, -0.25) is 4.79 Å². The molecular weight excluding hydrogens is 486 g/mol. The summed E-state index contributed by atoms with van der Waals surface area (Å²) in [5, 5.41) is 11.0. The first-order valence-corrected chi connectivity index (χ1v) is 13.0. The number of rotatable bonds is 11. The number of fused-ring (bicyclic) bond motifs is 1. The Morgan fingerprint density at radius 2 is 1.68 bits per heavy atom. The van der Waals surface area contributed by atoms with Gasteiger partial charge in [0.05, 0.1) is 17.1 Å². The number of aliphatic hydroxyl groups excluding tert-OH is 1. The van der Waals surface area contributed by atoms with Gasteiger partial charge in [-0.05, 0) is 53.8 Å². The van der Waals surface area contributed by atoms with Crippen LogP contribution in [-0.4, -0.2) is 44.2 Å². The number of imidazole rings is 1. The molecule has 4 aromatic rings. The van der Waals surface area contributed by atoms with Crippen molar-refractivity contribution in [1.82, 2.24) is 14.5 Å². The third kappa shape index (κ3) is 6.62. The zero-order valence-electron chi connectivity index (χ0n) is 21.8. The van der Waals surface area contributed by atoms with Crippen LogP contribution < -0.4 is 5.73 Å². The van der Waals surface area contributed by atoms with Crippen LogP contribution in [0, 0.1) is 11.6 Å². The van der Waals surface area contributed by atoms with Gasteiger partial charge in [-0.25, -0.2) is 13.8 Å². The Labute approximate surface area is 221 Å². The zero-order valence-corrected chi connectivity index (χ0v) is 21.8. The fraction of sp³-hybridized carbons (Fsp3) is 0.333. The van der Waals surface area contributed by atoms with Crippen LogP contribution in [-0.2, 0) is 37.1 Å². The Bertz CT molecular complexity index is 1380. The fourth-order valence-electron chi connectivity index (χ4n) is 4.73. The van der Waals surface area contributed by atoms with Crippen molar-refractivity contribution in [3.8, 4) is 0 Å². The van der Waals surface area contributed by atoms with E-state index in [1.807, 2.05) is 60.0 Å². The molecule has 0 aliphatic carbocycles. The molecular formula is C30H34F2N4O2. The highest BCUT2D eigenvalue weighted by Gasteiger charge is 2.24. The first kappa shape index (κ1) is 27.4. The normalized spacial score (nSPS) is 13.0. The largest absolute Gasteiger partial charge is 0.390 e. The number of aliphatic hydroxyl groups is 1. The maximum atomic E-state index is 13.7. The molecule has 0 bridgehead atoms. The highest BCUT2D eigenvalue weighted by Crippen LogP contribution is 2.19. The van der Waals surface area contributed by atoms with E-state index in [1.54, 1.807) is 4.90 Å². The maximum absolute atomic E-state index is 13.7. The molecule has 1 amide bonds. The van der Waals surface area contributed by atoms with E-state index in [0.29, 0.717) is 18.5 Å². The van der Waals surface area contributed by atoms with Gasteiger partial charge >= 0.3 is 0 Å². The molecule has 0 fully saturated rings. The summed E-state index contributed by atoms with van der Waals surface area (Å²) in [5.41, 5.74) is 10.4. The quantitative estimate of drug-likeness (QED) is 0.307. The molecule has 38 heavy (non-hydrogen) atoms. The van der Waals surface area contributed by atoms with Crippen molar-refractivity contribution >= 4 is 16.9 Å². The fourth-order valence-corrected chi connectivity index (χ4v) is 4.73. The number of aryl methyl sites for hydroxylation is 2. The molecule has 0 radical (unpaired) electrons. The number of benzene rings is 3. The molecule has 0 saturated carbocycles. The predicted octanol–water partition coefficient (Wildman–Crippen LogP) is 4.40. The molecule has 1 aromatic heterocycles. The van der Waals surface area contributed by atoms with Crippen LogP contribution >= 0.6 is 0 Å². The lowest BCUT2D eigenvalue weighted by Gasteiger charge is -2.29. The molecule has 0 aliphatic rings. The summed E-state index contributed by atoms with van der Waals surface area (Å²) in [6.45, 7) is 4.39. The second kappa shape index (κ2) is 12.3. The summed E-state index contributed by atoms with van der Waals surface area (Å²) in [4.78, 5) is 20.0. The molecule has 8 heteroatoms. The minimum atomic E-state index is -1.11. The molecule has 3 aromatic carbocycles. The number of para-hydroxylation sites is 2. The van der Waals surface area contributed by atoms with Gasteiger partial charge in [-0.2, -0.15) is 0 Å². The number of carbonyl (C=O) groups excluding carboxylic acids is 1. The smallest absolute Gasteiger partial charge is 0.242 e. The van der Waals surface area contributed by atoms with Gasteiger partial charge in [0.25, 0.3) is 0 Å². The van der Waals surface area contributed by atoms with Crippen molar-refractivity contribution in [2.24, 2.45) is 5.73 Å². The Morgan fingerprint density at radius 1 is 0.974 bits per heavy atom. The minimum absolute atomic E-state index is 0.0256. The average Bonchev–Trinajstić information content (AvgIpc) is 3.25. The van der Waals surface area contributed by atoms with Crippen molar-refractivity contribution in [2.45, 2.75) is 58.3 Å². The van der Waals surface area contributed by atoms with Gasteiger partial charge in [0.2, 0.25) is 5.91 Å². The summed E-state index contributed by atoms with van der Waals surface area (Å²) >= 11 is 0. The second-order valence-electron chi connectivity index (χ2n) is 9.62. The van der Waals surface area contributed by atoms with Crippen LogP contribution in [0.25, 0.3) is 11.0 Å². The third-order valence-corrected chi connectivity index (χ3v) is 6.76. The van der Waals surface area contributed by atoms with E-state index in [0.717, 1.165) is 40.5 Å². The highest BCUT2D eigenvalue weighted by atomic mass is 19.1. The zero-order chi connectivity index (χ0) is 27.2. The Balaban J connectivity index is 1.57. The van der Waals surface area contributed by atoms with Crippen LogP contribution in [0.3, 0.4) is 0 Å². The molecule has 0 spiro atoms. The summed E-state index contributed by atoms with van der Waals surface area (Å²) in [7, 11) is 0. The number of nitrogens with zero attached hydrogens (tertiary/aromatic N) is 3. The Kier molecular flexibility index (Phi) is 8.86.